The van der Waals surface area contributed by atoms with Crippen LogP contribution in [0.2, 0.25) is 0 Å². The molecule has 3 rings (SSSR count). The maximum absolute atomic E-state index is 11.7. The number of nitrogens with zero attached hydrogens (tertiary/aromatic N) is 4. The normalized spacial score (nSPS) is 13.8. The summed E-state index contributed by atoms with van der Waals surface area (Å²) in [6.45, 7) is 2.90. The van der Waals surface area contributed by atoms with Crippen LogP contribution in [0.3, 0.4) is 0 Å². The fourth-order valence-corrected chi connectivity index (χ4v) is 3.32. The summed E-state index contributed by atoms with van der Waals surface area (Å²) in [4.78, 5) is 39.4. The Morgan fingerprint density at radius 2 is 1.60 bits per heavy atom. The zero-order chi connectivity index (χ0) is 21.3. The molecular weight excluding hydrogens is 384 g/mol. The molecule has 2 amide bonds. The molecule has 2 aromatic rings. The van der Waals surface area contributed by atoms with Gasteiger partial charge in [0.25, 0.3) is 11.8 Å². The maximum atomic E-state index is 11.7. The van der Waals surface area contributed by atoms with Crippen LogP contribution in [0.4, 0.5) is 0 Å². The molecule has 1 aromatic heterocycles. The van der Waals surface area contributed by atoms with Gasteiger partial charge in [0.15, 0.2) is 0 Å². The Bertz CT molecular complexity index is 860. The number of carbonyl (C=O) groups excluding carboxylic acids is 3. The van der Waals surface area contributed by atoms with Gasteiger partial charge in [-0.3, -0.25) is 14.3 Å². The van der Waals surface area contributed by atoms with Crippen molar-refractivity contribution in [2.45, 2.75) is 71.3 Å². The third-order valence-electron chi connectivity index (χ3n) is 5.10. The zero-order valence-electron chi connectivity index (χ0n) is 17.4. The number of rotatable bonds is 11. The molecule has 160 valence electrons. The largest absolute Gasteiger partial charge is 0.333 e. The molecule has 0 N–H and O–H groups in total. The smallest absolute Gasteiger partial charge is 0.330 e. The molecule has 1 aliphatic heterocycles. The Morgan fingerprint density at radius 1 is 0.967 bits per heavy atom. The summed E-state index contributed by atoms with van der Waals surface area (Å²) < 4.78 is 1.88. The van der Waals surface area contributed by atoms with E-state index in [2.05, 4.69) is 41.5 Å². The lowest BCUT2D eigenvalue weighted by Gasteiger charge is -2.12. The number of carbonyl (C=O) groups is 3. The molecule has 0 saturated carbocycles. The third-order valence-corrected chi connectivity index (χ3v) is 5.10. The fourth-order valence-electron chi connectivity index (χ4n) is 3.32. The molecule has 2 heterocycles. The number of imide groups is 1. The first-order valence-electron chi connectivity index (χ1n) is 10.6. The van der Waals surface area contributed by atoms with E-state index in [1.165, 1.54) is 5.56 Å². The highest BCUT2D eigenvalue weighted by Crippen LogP contribution is 2.17. The van der Waals surface area contributed by atoms with E-state index in [4.69, 9.17) is 4.84 Å². The lowest BCUT2D eigenvalue weighted by Crippen LogP contribution is -2.31. The number of benzene rings is 1. The molecule has 8 heteroatoms. The number of aromatic nitrogens is 3. The van der Waals surface area contributed by atoms with E-state index in [0.717, 1.165) is 49.9 Å². The predicted octanol–water partition coefficient (Wildman–Crippen LogP) is 3.59. The highest BCUT2D eigenvalue weighted by molar-refractivity contribution is 6.01. The second-order valence-corrected chi connectivity index (χ2v) is 7.65. The molecule has 8 nitrogen and oxygen atoms in total. The first kappa shape index (κ1) is 21.7. The van der Waals surface area contributed by atoms with Crippen molar-refractivity contribution >= 4 is 17.8 Å². The quantitative estimate of drug-likeness (QED) is 0.413. The van der Waals surface area contributed by atoms with Gasteiger partial charge >= 0.3 is 5.97 Å². The highest BCUT2D eigenvalue weighted by Gasteiger charge is 2.32. The summed E-state index contributed by atoms with van der Waals surface area (Å²) in [5.41, 5.74) is 3.18. The number of hydrogen-bond acceptors (Lipinski definition) is 6. The van der Waals surface area contributed by atoms with Crippen LogP contribution in [-0.2, 0) is 25.8 Å². The minimum Gasteiger partial charge on any atom is -0.330 e. The number of amides is 2. The van der Waals surface area contributed by atoms with Gasteiger partial charge in [0.2, 0.25) is 0 Å². The monoisotopic (exact) mass is 412 g/mol. The van der Waals surface area contributed by atoms with E-state index in [1.54, 1.807) is 0 Å². The Labute approximate surface area is 176 Å². The molecule has 0 spiro atoms. The summed E-state index contributed by atoms with van der Waals surface area (Å²) >= 11 is 0. The van der Waals surface area contributed by atoms with Crippen molar-refractivity contribution in [1.29, 1.82) is 0 Å². The fraction of sp³-hybridized carbons (Fsp3) is 0.500. The number of unbranched alkanes of at least 4 members (excludes halogenated alkanes) is 5. The molecule has 1 saturated heterocycles. The zero-order valence-corrected chi connectivity index (χ0v) is 17.4. The third kappa shape index (κ3) is 6.23. The van der Waals surface area contributed by atoms with Gasteiger partial charge in [-0.1, -0.05) is 60.7 Å². The molecule has 0 radical (unpaired) electrons. The van der Waals surface area contributed by atoms with Crippen molar-refractivity contribution in [3.05, 3.63) is 36.0 Å². The van der Waals surface area contributed by atoms with E-state index in [1.807, 2.05) is 10.9 Å². The first-order chi connectivity index (χ1) is 14.5. The van der Waals surface area contributed by atoms with Crippen LogP contribution in [0.25, 0.3) is 11.3 Å². The average molecular weight is 412 g/mol. The van der Waals surface area contributed by atoms with E-state index in [-0.39, 0.29) is 19.3 Å². The highest BCUT2D eigenvalue weighted by atomic mass is 16.7. The van der Waals surface area contributed by atoms with Crippen LogP contribution in [0.1, 0.15) is 63.4 Å². The summed E-state index contributed by atoms with van der Waals surface area (Å²) in [5, 5.41) is 9.05. The molecule has 30 heavy (non-hydrogen) atoms. The van der Waals surface area contributed by atoms with E-state index in [0.29, 0.717) is 11.5 Å². The van der Waals surface area contributed by atoms with Gasteiger partial charge in [-0.15, -0.1) is 10.2 Å². The summed E-state index contributed by atoms with van der Waals surface area (Å²) in [7, 11) is 0. The summed E-state index contributed by atoms with van der Waals surface area (Å²) in [6, 6.07) is 8.25. The molecule has 0 unspecified atom stereocenters. The number of aryl methyl sites for hydroxylation is 2. The van der Waals surface area contributed by atoms with Gasteiger partial charge in [0, 0.05) is 31.4 Å². The maximum Gasteiger partial charge on any atom is 0.333 e. The van der Waals surface area contributed by atoms with Crippen LogP contribution < -0.4 is 0 Å². The van der Waals surface area contributed by atoms with E-state index >= 15 is 0 Å². The lowest BCUT2D eigenvalue weighted by molar-refractivity contribution is -0.197. The van der Waals surface area contributed by atoms with Crippen LogP contribution in [0.15, 0.2) is 30.5 Å². The van der Waals surface area contributed by atoms with Gasteiger partial charge in [0.1, 0.15) is 5.69 Å². The van der Waals surface area contributed by atoms with Gasteiger partial charge in [-0.25, -0.2) is 4.79 Å². The SMILES string of the molecule is Cc1ccc(-c2cn(CCCCCCCCC(=O)ON3C(=O)CCC3=O)nn2)cc1. The van der Waals surface area contributed by atoms with Gasteiger partial charge in [-0.05, 0) is 19.8 Å². The van der Waals surface area contributed by atoms with E-state index in [9.17, 15) is 14.4 Å². The Morgan fingerprint density at radius 3 is 2.30 bits per heavy atom. The Balaban J connectivity index is 1.23. The van der Waals surface area contributed by atoms with Crippen molar-refractivity contribution in [2.24, 2.45) is 0 Å². The molecule has 1 fully saturated rings. The summed E-state index contributed by atoms with van der Waals surface area (Å²) in [6.07, 6.45) is 8.26. The second kappa shape index (κ2) is 10.7. The topological polar surface area (TPSA) is 94.4 Å². The Hall–Kier alpha value is -3.03. The summed E-state index contributed by atoms with van der Waals surface area (Å²) in [5.74, 6) is -1.40. The molecule has 1 aliphatic rings. The van der Waals surface area contributed by atoms with Crippen LogP contribution in [0.5, 0.6) is 0 Å². The molecule has 1 aromatic carbocycles. The van der Waals surface area contributed by atoms with E-state index < -0.39 is 17.8 Å². The minimum absolute atomic E-state index is 0.119. The average Bonchev–Trinajstić information content (AvgIpc) is 3.32. The standard InChI is InChI=1S/C22H28N4O4/c1-17-9-11-18(12-10-17)19-16-25(24-23-19)15-7-5-3-2-4-6-8-22(29)30-26-20(27)13-14-21(26)28/h9-12,16H,2-8,13-15H2,1H3. The van der Waals surface area contributed by atoms with Crippen molar-refractivity contribution in [2.75, 3.05) is 0 Å². The molecule has 0 atom stereocenters. The molecule has 0 aliphatic carbocycles. The van der Waals surface area contributed by atoms with Crippen molar-refractivity contribution in [3.8, 4) is 11.3 Å². The molecule has 0 bridgehead atoms. The predicted molar refractivity (Wildman–Crippen MR) is 110 cm³/mol. The van der Waals surface area contributed by atoms with Gasteiger partial charge in [0.05, 0.1) is 6.20 Å². The van der Waals surface area contributed by atoms with Crippen molar-refractivity contribution in [1.82, 2.24) is 20.1 Å². The first-order valence-corrected chi connectivity index (χ1v) is 10.6. The van der Waals surface area contributed by atoms with Crippen molar-refractivity contribution < 1.29 is 19.2 Å². The van der Waals surface area contributed by atoms with Crippen molar-refractivity contribution in [3.63, 3.8) is 0 Å². The molecular formula is C22H28N4O4. The minimum atomic E-state index is -0.519. The second-order valence-electron chi connectivity index (χ2n) is 7.65. The Kier molecular flexibility index (Phi) is 7.70. The number of hydrogen-bond donors (Lipinski definition) is 0. The van der Waals surface area contributed by atoms with Gasteiger partial charge < -0.3 is 4.84 Å². The van der Waals surface area contributed by atoms with Crippen LogP contribution in [0, 0.1) is 6.92 Å². The van der Waals surface area contributed by atoms with Crippen LogP contribution in [-0.4, -0.2) is 37.8 Å². The number of hydroxylamine groups is 2. The van der Waals surface area contributed by atoms with Crippen LogP contribution >= 0.6 is 0 Å². The lowest BCUT2D eigenvalue weighted by atomic mass is 10.1. The van der Waals surface area contributed by atoms with Gasteiger partial charge in [-0.2, -0.15) is 0 Å².